The number of sulfonamides is 1. The minimum absolute atomic E-state index is 0.0182. The van der Waals surface area contributed by atoms with E-state index in [4.69, 9.17) is 34.8 Å². The Morgan fingerprint density at radius 1 is 0.804 bits per heavy atom. The molecule has 0 spiro atoms. The van der Waals surface area contributed by atoms with Gasteiger partial charge in [0, 0.05) is 29.6 Å². The molecule has 0 heterocycles. The maximum Gasteiger partial charge on any atom is 0.264 e. The standard InChI is InChI=1S/C35H36Cl3N3O4S/c1-24(2)21-39-35(43)33(19-26-7-5-4-6-8-26)40(22-27-11-13-28(36)14-12-27)34(42)23-41(32-20-29(37)15-18-31(32)38)46(44,45)30-16-9-25(3)10-17-30/h4-18,20,24,33H,19,21-23H2,1-3H3,(H,39,43)/t33-/m1/s1. The van der Waals surface area contributed by atoms with Crippen molar-refractivity contribution in [3.05, 3.63) is 129 Å². The highest BCUT2D eigenvalue weighted by molar-refractivity contribution is 7.92. The van der Waals surface area contributed by atoms with Crippen LogP contribution in [0.5, 0.6) is 0 Å². The molecule has 46 heavy (non-hydrogen) atoms. The van der Waals surface area contributed by atoms with Crippen LogP contribution in [-0.2, 0) is 32.6 Å². The van der Waals surface area contributed by atoms with Gasteiger partial charge in [-0.3, -0.25) is 13.9 Å². The van der Waals surface area contributed by atoms with Crippen molar-refractivity contribution in [2.45, 2.75) is 44.7 Å². The topological polar surface area (TPSA) is 86.8 Å². The molecule has 4 aromatic rings. The molecule has 0 aliphatic carbocycles. The summed E-state index contributed by atoms with van der Waals surface area (Å²) in [4.78, 5) is 29.8. The molecule has 4 rings (SSSR count). The fourth-order valence-electron chi connectivity index (χ4n) is 4.79. The lowest BCUT2D eigenvalue weighted by Gasteiger charge is -2.34. The number of halogens is 3. The first-order valence-electron chi connectivity index (χ1n) is 14.7. The van der Waals surface area contributed by atoms with Gasteiger partial charge in [0.15, 0.2) is 0 Å². The minimum atomic E-state index is -4.32. The fourth-order valence-corrected chi connectivity index (χ4v) is 6.78. The summed E-state index contributed by atoms with van der Waals surface area (Å²) < 4.78 is 29.3. The first-order chi connectivity index (χ1) is 21.8. The number of hydrogen-bond donors (Lipinski definition) is 1. The third-order valence-electron chi connectivity index (χ3n) is 7.29. The fraction of sp³-hybridized carbons (Fsp3) is 0.257. The van der Waals surface area contributed by atoms with Crippen molar-refractivity contribution in [1.82, 2.24) is 10.2 Å². The molecule has 242 valence electrons. The molecular weight excluding hydrogens is 665 g/mol. The van der Waals surface area contributed by atoms with Crippen LogP contribution in [0.25, 0.3) is 0 Å². The highest BCUT2D eigenvalue weighted by Crippen LogP contribution is 2.33. The van der Waals surface area contributed by atoms with Gasteiger partial charge in [0.2, 0.25) is 11.8 Å². The summed E-state index contributed by atoms with van der Waals surface area (Å²) in [6.07, 6.45) is 0.201. The highest BCUT2D eigenvalue weighted by atomic mass is 35.5. The summed E-state index contributed by atoms with van der Waals surface area (Å²) in [5, 5.41) is 3.82. The molecule has 1 N–H and O–H groups in total. The molecular formula is C35H36Cl3N3O4S. The Balaban J connectivity index is 1.82. The maximum absolute atomic E-state index is 14.5. The molecule has 0 aliphatic rings. The SMILES string of the molecule is Cc1ccc(S(=O)(=O)N(CC(=O)N(Cc2ccc(Cl)cc2)[C@H](Cc2ccccc2)C(=O)NCC(C)C)c2cc(Cl)ccc2Cl)cc1. The van der Waals surface area contributed by atoms with Gasteiger partial charge in [0.05, 0.1) is 15.6 Å². The van der Waals surface area contributed by atoms with Crippen LogP contribution in [0.4, 0.5) is 5.69 Å². The summed E-state index contributed by atoms with van der Waals surface area (Å²) in [6, 6.07) is 26.0. The number of aryl methyl sites for hydroxylation is 1. The van der Waals surface area contributed by atoms with Gasteiger partial charge in [-0.05, 0) is 66.4 Å². The number of benzene rings is 4. The Labute approximate surface area is 286 Å². The monoisotopic (exact) mass is 699 g/mol. The molecule has 11 heteroatoms. The van der Waals surface area contributed by atoms with Crippen molar-refractivity contribution < 1.29 is 18.0 Å². The van der Waals surface area contributed by atoms with E-state index in [9.17, 15) is 18.0 Å². The zero-order valence-electron chi connectivity index (χ0n) is 25.8. The molecule has 0 aliphatic heterocycles. The van der Waals surface area contributed by atoms with Crippen LogP contribution in [-0.4, -0.2) is 44.3 Å². The lowest BCUT2D eigenvalue weighted by atomic mass is 10.0. The van der Waals surface area contributed by atoms with Gasteiger partial charge in [0.1, 0.15) is 12.6 Å². The molecule has 0 fully saturated rings. The lowest BCUT2D eigenvalue weighted by molar-refractivity contribution is -0.140. The third kappa shape index (κ3) is 9.26. The second-order valence-corrected chi connectivity index (χ2v) is 14.6. The lowest BCUT2D eigenvalue weighted by Crippen LogP contribution is -2.53. The van der Waals surface area contributed by atoms with Gasteiger partial charge < -0.3 is 10.2 Å². The Kier molecular flexibility index (Phi) is 12.1. The van der Waals surface area contributed by atoms with Gasteiger partial charge in [-0.15, -0.1) is 0 Å². The van der Waals surface area contributed by atoms with Crippen LogP contribution in [0.15, 0.2) is 102 Å². The van der Waals surface area contributed by atoms with Crippen molar-refractivity contribution in [3.63, 3.8) is 0 Å². The average Bonchev–Trinajstić information content (AvgIpc) is 3.03. The number of anilines is 1. The Hall–Kier alpha value is -3.56. The molecule has 0 unspecified atom stereocenters. The second kappa shape index (κ2) is 15.8. The van der Waals surface area contributed by atoms with Crippen LogP contribution in [0, 0.1) is 12.8 Å². The number of hydrogen-bond acceptors (Lipinski definition) is 4. The number of nitrogens with one attached hydrogen (secondary N) is 1. The van der Waals surface area contributed by atoms with E-state index in [2.05, 4.69) is 5.32 Å². The van der Waals surface area contributed by atoms with Gasteiger partial charge in [-0.1, -0.05) is 109 Å². The predicted octanol–water partition coefficient (Wildman–Crippen LogP) is 7.56. The van der Waals surface area contributed by atoms with Crippen molar-refractivity contribution in [3.8, 4) is 0 Å². The van der Waals surface area contributed by atoms with Crippen LogP contribution >= 0.6 is 34.8 Å². The molecule has 0 radical (unpaired) electrons. The first kappa shape index (κ1) is 35.3. The van der Waals surface area contributed by atoms with Gasteiger partial charge in [-0.2, -0.15) is 0 Å². The smallest absolute Gasteiger partial charge is 0.264 e. The number of carbonyl (C=O) groups excluding carboxylic acids is 2. The molecule has 4 aromatic carbocycles. The van der Waals surface area contributed by atoms with Crippen LogP contribution in [0.1, 0.15) is 30.5 Å². The quantitative estimate of drug-likeness (QED) is 0.156. The maximum atomic E-state index is 14.5. The summed E-state index contributed by atoms with van der Waals surface area (Å²) in [5.41, 5.74) is 2.45. The van der Waals surface area contributed by atoms with Gasteiger partial charge >= 0.3 is 0 Å². The van der Waals surface area contributed by atoms with Crippen molar-refractivity contribution in [2.75, 3.05) is 17.4 Å². The van der Waals surface area contributed by atoms with E-state index in [0.717, 1.165) is 15.4 Å². The summed E-state index contributed by atoms with van der Waals surface area (Å²) >= 11 is 19.0. The number of carbonyl (C=O) groups is 2. The van der Waals surface area contributed by atoms with Crippen molar-refractivity contribution >= 4 is 62.3 Å². The molecule has 1 atom stereocenters. The predicted molar refractivity (Wildman–Crippen MR) is 186 cm³/mol. The minimum Gasteiger partial charge on any atom is -0.354 e. The molecule has 0 aromatic heterocycles. The van der Waals surface area contributed by atoms with E-state index < -0.39 is 28.5 Å². The summed E-state index contributed by atoms with van der Waals surface area (Å²) in [5.74, 6) is -0.794. The van der Waals surface area contributed by atoms with Gasteiger partial charge in [-0.25, -0.2) is 8.42 Å². The number of amides is 2. The molecule has 0 saturated heterocycles. The Bertz CT molecular complexity index is 1750. The second-order valence-electron chi connectivity index (χ2n) is 11.4. The Morgan fingerprint density at radius 2 is 1.43 bits per heavy atom. The highest BCUT2D eigenvalue weighted by Gasteiger charge is 2.35. The molecule has 7 nitrogen and oxygen atoms in total. The average molecular weight is 701 g/mol. The molecule has 0 bridgehead atoms. The van der Waals surface area contributed by atoms with Crippen molar-refractivity contribution in [2.24, 2.45) is 5.92 Å². The van der Waals surface area contributed by atoms with E-state index in [-0.39, 0.29) is 45.4 Å². The largest absolute Gasteiger partial charge is 0.354 e. The molecule has 2 amide bonds. The van der Waals surface area contributed by atoms with E-state index >= 15 is 0 Å². The zero-order valence-corrected chi connectivity index (χ0v) is 28.9. The van der Waals surface area contributed by atoms with E-state index in [1.807, 2.05) is 51.1 Å². The van der Waals surface area contributed by atoms with Crippen LogP contribution in [0.2, 0.25) is 15.1 Å². The number of nitrogens with zero attached hydrogens (tertiary/aromatic N) is 2. The van der Waals surface area contributed by atoms with E-state index in [1.54, 1.807) is 36.4 Å². The number of rotatable bonds is 13. The van der Waals surface area contributed by atoms with E-state index in [1.165, 1.54) is 35.2 Å². The van der Waals surface area contributed by atoms with Crippen molar-refractivity contribution in [1.29, 1.82) is 0 Å². The van der Waals surface area contributed by atoms with Crippen LogP contribution < -0.4 is 9.62 Å². The van der Waals surface area contributed by atoms with E-state index in [0.29, 0.717) is 17.1 Å². The third-order valence-corrected chi connectivity index (χ3v) is 9.87. The zero-order chi connectivity index (χ0) is 33.4. The van der Waals surface area contributed by atoms with Gasteiger partial charge in [0.25, 0.3) is 10.0 Å². The molecule has 0 saturated carbocycles. The summed E-state index contributed by atoms with van der Waals surface area (Å²) in [6.45, 7) is 5.57. The van der Waals surface area contributed by atoms with Crippen LogP contribution in [0.3, 0.4) is 0 Å². The summed E-state index contributed by atoms with van der Waals surface area (Å²) in [7, 11) is -4.32. The Morgan fingerprint density at radius 3 is 2.07 bits per heavy atom. The normalized spacial score (nSPS) is 12.1. The first-order valence-corrected chi connectivity index (χ1v) is 17.3.